The lowest BCUT2D eigenvalue weighted by molar-refractivity contribution is -0.119. The Morgan fingerprint density at radius 3 is 2.80 bits per heavy atom. The minimum absolute atomic E-state index is 0.0225. The van der Waals surface area contributed by atoms with Crippen LogP contribution in [-0.2, 0) is 21.1 Å². The van der Waals surface area contributed by atoms with Crippen molar-refractivity contribution in [2.45, 2.75) is 19.3 Å². The Hall–Kier alpha value is -0.880. The van der Waals surface area contributed by atoms with Crippen LogP contribution in [0.1, 0.15) is 18.4 Å². The Morgan fingerprint density at radius 1 is 1.45 bits per heavy atom. The molecule has 0 radical (unpaired) electrons. The van der Waals surface area contributed by atoms with E-state index in [2.05, 4.69) is 15.9 Å². The minimum atomic E-state index is -2.92. The molecule has 1 aromatic rings. The molecule has 110 valence electrons. The summed E-state index contributed by atoms with van der Waals surface area (Å²) in [6, 6.07) is 5.53. The molecule has 0 aromatic heterocycles. The second-order valence-electron chi connectivity index (χ2n) is 5.14. The van der Waals surface area contributed by atoms with Crippen LogP contribution in [0.5, 0.6) is 5.75 Å². The second kappa shape index (κ2) is 6.26. The van der Waals surface area contributed by atoms with Crippen LogP contribution in [0.15, 0.2) is 22.7 Å². The maximum atomic E-state index is 12.1. The molecule has 1 aliphatic rings. The zero-order valence-corrected chi connectivity index (χ0v) is 13.7. The number of hydrogen-bond donors (Lipinski definition) is 0. The summed E-state index contributed by atoms with van der Waals surface area (Å²) in [5, 5.41) is 0. The Bertz CT molecular complexity index is 610. The summed E-state index contributed by atoms with van der Waals surface area (Å²) >= 11 is 3.37. The van der Waals surface area contributed by atoms with Gasteiger partial charge in [-0.25, -0.2) is 8.42 Å². The molecule has 0 aliphatic carbocycles. The van der Waals surface area contributed by atoms with Gasteiger partial charge >= 0.3 is 0 Å². The van der Waals surface area contributed by atoms with Crippen molar-refractivity contribution in [1.29, 1.82) is 0 Å². The topological polar surface area (TPSA) is 60.4 Å². The first-order chi connectivity index (χ1) is 9.39. The van der Waals surface area contributed by atoms with Crippen LogP contribution in [0.3, 0.4) is 0 Å². The zero-order chi connectivity index (χ0) is 14.8. The lowest BCUT2D eigenvalue weighted by atomic mass is 9.97. The average Bonchev–Trinajstić information content (AvgIpc) is 2.68. The first-order valence-corrected chi connectivity index (χ1v) is 9.05. The lowest BCUT2D eigenvalue weighted by Gasteiger charge is -2.10. The number of Topliss-reactive ketones (excluding diaryl/α,β-unsaturated/α-hetero) is 1. The van der Waals surface area contributed by atoms with Gasteiger partial charge in [0.25, 0.3) is 0 Å². The first kappa shape index (κ1) is 15.5. The fraction of sp³-hybridized carbons (Fsp3) is 0.500. The van der Waals surface area contributed by atoms with Gasteiger partial charge in [0.15, 0.2) is 9.84 Å². The summed E-state index contributed by atoms with van der Waals surface area (Å²) in [6.07, 6.45) is 1.21. The molecule has 2 rings (SSSR count). The number of ether oxygens (including phenoxy) is 1. The molecule has 4 nitrogen and oxygen atoms in total. The van der Waals surface area contributed by atoms with Crippen LogP contribution in [0.2, 0.25) is 0 Å². The van der Waals surface area contributed by atoms with Crippen LogP contribution >= 0.6 is 15.9 Å². The van der Waals surface area contributed by atoms with E-state index in [1.54, 1.807) is 7.11 Å². The summed E-state index contributed by atoms with van der Waals surface area (Å²) < 4.78 is 28.9. The van der Waals surface area contributed by atoms with E-state index in [9.17, 15) is 13.2 Å². The molecule has 20 heavy (non-hydrogen) atoms. The highest BCUT2D eigenvalue weighted by Crippen LogP contribution is 2.26. The van der Waals surface area contributed by atoms with Gasteiger partial charge in [0.2, 0.25) is 0 Å². The zero-order valence-electron chi connectivity index (χ0n) is 11.3. The van der Waals surface area contributed by atoms with Gasteiger partial charge in [-0.3, -0.25) is 4.79 Å². The van der Waals surface area contributed by atoms with E-state index < -0.39 is 9.84 Å². The molecule has 0 saturated carbocycles. The van der Waals surface area contributed by atoms with E-state index in [4.69, 9.17) is 4.74 Å². The summed E-state index contributed by atoms with van der Waals surface area (Å²) in [7, 11) is -1.35. The van der Waals surface area contributed by atoms with Crippen LogP contribution in [0, 0.1) is 5.92 Å². The van der Waals surface area contributed by atoms with Gasteiger partial charge in [-0.05, 0) is 30.5 Å². The third-order valence-corrected chi connectivity index (χ3v) is 5.80. The number of ketones is 1. The van der Waals surface area contributed by atoms with Gasteiger partial charge in [-0.1, -0.05) is 15.9 Å². The monoisotopic (exact) mass is 360 g/mol. The van der Waals surface area contributed by atoms with Gasteiger partial charge in [0.1, 0.15) is 11.5 Å². The van der Waals surface area contributed by atoms with Gasteiger partial charge in [-0.15, -0.1) is 0 Å². The molecule has 6 heteroatoms. The number of methoxy groups -OCH3 is 1. The number of carbonyl (C=O) groups excluding carboxylic acids is 1. The van der Waals surface area contributed by atoms with Gasteiger partial charge in [0.05, 0.1) is 18.6 Å². The van der Waals surface area contributed by atoms with E-state index in [0.717, 1.165) is 10.0 Å². The van der Waals surface area contributed by atoms with E-state index >= 15 is 0 Å². The maximum Gasteiger partial charge on any atom is 0.150 e. The number of sulfone groups is 1. The van der Waals surface area contributed by atoms with Crippen molar-refractivity contribution in [2.75, 3.05) is 18.6 Å². The van der Waals surface area contributed by atoms with Crippen molar-refractivity contribution in [3.63, 3.8) is 0 Å². The summed E-state index contributed by atoms with van der Waals surface area (Å²) in [5.41, 5.74) is 0.827. The molecular formula is C14H17BrO4S. The smallest absolute Gasteiger partial charge is 0.150 e. The molecule has 0 spiro atoms. The lowest BCUT2D eigenvalue weighted by Crippen LogP contribution is -2.12. The van der Waals surface area contributed by atoms with E-state index in [1.165, 1.54) is 0 Å². The SMILES string of the molecule is COc1ccc(Br)cc1CC(=O)CC1CCS(=O)(=O)C1. The third-order valence-electron chi connectivity index (χ3n) is 3.47. The Morgan fingerprint density at radius 2 is 2.20 bits per heavy atom. The van der Waals surface area contributed by atoms with Crippen molar-refractivity contribution >= 4 is 31.6 Å². The maximum absolute atomic E-state index is 12.1. The van der Waals surface area contributed by atoms with Crippen molar-refractivity contribution < 1.29 is 17.9 Å². The van der Waals surface area contributed by atoms with Crippen molar-refractivity contribution in [2.24, 2.45) is 5.92 Å². The number of benzene rings is 1. The van der Waals surface area contributed by atoms with Gasteiger partial charge < -0.3 is 4.74 Å². The number of halogens is 1. The summed E-state index contributed by atoms with van der Waals surface area (Å²) in [6.45, 7) is 0. The summed E-state index contributed by atoms with van der Waals surface area (Å²) in [5.74, 6) is 1.08. The minimum Gasteiger partial charge on any atom is -0.496 e. The van der Waals surface area contributed by atoms with Crippen molar-refractivity contribution in [3.8, 4) is 5.75 Å². The Kier molecular flexibility index (Phi) is 4.86. The molecule has 1 aliphatic heterocycles. The molecule has 0 bridgehead atoms. The number of carbonyl (C=O) groups is 1. The standard InChI is InChI=1S/C14H17BrO4S/c1-19-14-3-2-12(15)7-11(14)8-13(16)6-10-4-5-20(17,18)9-10/h2-3,7,10H,4-6,8-9H2,1H3. The highest BCUT2D eigenvalue weighted by molar-refractivity contribution is 9.10. The van der Waals surface area contributed by atoms with Gasteiger partial charge in [0, 0.05) is 22.9 Å². The second-order valence-corrected chi connectivity index (χ2v) is 8.29. The highest BCUT2D eigenvalue weighted by Gasteiger charge is 2.29. The molecule has 1 heterocycles. The molecular weight excluding hydrogens is 344 g/mol. The molecule has 1 fully saturated rings. The molecule has 1 aromatic carbocycles. The average molecular weight is 361 g/mol. The normalized spacial score (nSPS) is 20.8. The third kappa shape index (κ3) is 4.06. The van der Waals surface area contributed by atoms with Crippen LogP contribution in [0.4, 0.5) is 0 Å². The highest BCUT2D eigenvalue weighted by atomic mass is 79.9. The number of hydrogen-bond acceptors (Lipinski definition) is 4. The molecule has 0 amide bonds. The van der Waals surface area contributed by atoms with Crippen LogP contribution < -0.4 is 4.74 Å². The largest absolute Gasteiger partial charge is 0.496 e. The van der Waals surface area contributed by atoms with E-state index in [1.807, 2.05) is 18.2 Å². The van der Waals surface area contributed by atoms with E-state index in [0.29, 0.717) is 18.6 Å². The quantitative estimate of drug-likeness (QED) is 0.808. The van der Waals surface area contributed by atoms with E-state index in [-0.39, 0.29) is 29.6 Å². The van der Waals surface area contributed by atoms with Gasteiger partial charge in [-0.2, -0.15) is 0 Å². The van der Waals surface area contributed by atoms with Crippen molar-refractivity contribution in [3.05, 3.63) is 28.2 Å². The fourth-order valence-corrected chi connectivity index (χ4v) is 4.80. The number of rotatable bonds is 5. The first-order valence-electron chi connectivity index (χ1n) is 6.44. The Balaban J connectivity index is 2.00. The molecule has 0 N–H and O–H groups in total. The fourth-order valence-electron chi connectivity index (χ4n) is 2.52. The Labute approximate surface area is 127 Å². The predicted octanol–water partition coefficient (Wildman–Crippen LogP) is 2.39. The van der Waals surface area contributed by atoms with Crippen LogP contribution in [0.25, 0.3) is 0 Å². The predicted molar refractivity (Wildman–Crippen MR) is 80.8 cm³/mol. The summed E-state index contributed by atoms with van der Waals surface area (Å²) in [4.78, 5) is 12.1. The molecule has 1 saturated heterocycles. The van der Waals surface area contributed by atoms with Crippen LogP contribution in [-0.4, -0.2) is 32.8 Å². The molecule has 1 unspecified atom stereocenters. The molecule has 1 atom stereocenters. The van der Waals surface area contributed by atoms with Crippen molar-refractivity contribution in [1.82, 2.24) is 0 Å².